The Morgan fingerprint density at radius 3 is 2.32 bits per heavy atom. The lowest BCUT2D eigenvalue weighted by Gasteiger charge is -2.11. The van der Waals surface area contributed by atoms with Crippen molar-refractivity contribution in [3.05, 3.63) is 56.6 Å². The first-order valence-electron chi connectivity index (χ1n) is 5.99. The SMILES string of the molecule is COc1ccc(NS)c(-c2ccc([N+](=O)[O-])cc2[N+](=O)[O-])c1. The molecule has 0 aliphatic rings. The van der Waals surface area contributed by atoms with E-state index in [2.05, 4.69) is 17.5 Å². The highest BCUT2D eigenvalue weighted by atomic mass is 32.1. The van der Waals surface area contributed by atoms with E-state index >= 15 is 0 Å². The predicted octanol–water partition coefficient (Wildman–Crippen LogP) is 3.44. The second-order valence-electron chi connectivity index (χ2n) is 4.24. The molecule has 22 heavy (non-hydrogen) atoms. The fourth-order valence-corrected chi connectivity index (χ4v) is 2.18. The molecule has 0 fully saturated rings. The molecule has 0 aliphatic carbocycles. The Labute approximate surface area is 130 Å². The molecule has 2 aromatic carbocycles. The number of ether oxygens (including phenoxy) is 1. The van der Waals surface area contributed by atoms with Crippen LogP contribution in [0.2, 0.25) is 0 Å². The van der Waals surface area contributed by atoms with Crippen LogP contribution < -0.4 is 9.46 Å². The number of non-ortho nitro benzene ring substituents is 1. The number of nitrogens with one attached hydrogen (secondary N) is 1. The lowest BCUT2D eigenvalue weighted by molar-refractivity contribution is -0.393. The van der Waals surface area contributed by atoms with Crippen LogP contribution in [0, 0.1) is 20.2 Å². The van der Waals surface area contributed by atoms with Crippen LogP contribution >= 0.6 is 12.8 Å². The van der Waals surface area contributed by atoms with Gasteiger partial charge < -0.3 is 9.46 Å². The van der Waals surface area contributed by atoms with Crippen LogP contribution in [0.15, 0.2) is 36.4 Å². The minimum absolute atomic E-state index is 0.228. The quantitative estimate of drug-likeness (QED) is 0.496. The number of methoxy groups -OCH3 is 1. The normalized spacial score (nSPS) is 10.1. The standard InChI is InChI=1S/C13H11N3O5S/c1-21-9-3-5-12(14-22)11(7-9)10-4-2-8(15(17)18)6-13(10)16(19)20/h2-7,14,22H,1H3. The first-order valence-corrected chi connectivity index (χ1v) is 6.44. The van der Waals surface area contributed by atoms with Gasteiger partial charge in [0.05, 0.1) is 34.3 Å². The topological polar surface area (TPSA) is 108 Å². The Morgan fingerprint density at radius 1 is 1.05 bits per heavy atom. The summed E-state index contributed by atoms with van der Waals surface area (Å²) in [7, 11) is 1.47. The molecule has 114 valence electrons. The van der Waals surface area contributed by atoms with Crippen molar-refractivity contribution in [3.8, 4) is 16.9 Å². The fourth-order valence-electron chi connectivity index (χ4n) is 1.98. The average molecular weight is 321 g/mol. The van der Waals surface area contributed by atoms with Gasteiger partial charge in [-0.2, -0.15) is 0 Å². The van der Waals surface area contributed by atoms with Gasteiger partial charge >= 0.3 is 0 Å². The van der Waals surface area contributed by atoms with E-state index in [1.807, 2.05) is 0 Å². The molecule has 9 heteroatoms. The van der Waals surface area contributed by atoms with Crippen LogP contribution in [0.4, 0.5) is 17.1 Å². The minimum atomic E-state index is -0.680. The summed E-state index contributed by atoms with van der Waals surface area (Å²) in [4.78, 5) is 20.7. The number of rotatable bonds is 5. The molecule has 0 saturated carbocycles. The van der Waals surface area contributed by atoms with E-state index in [0.29, 0.717) is 17.0 Å². The van der Waals surface area contributed by atoms with Crippen molar-refractivity contribution in [1.82, 2.24) is 0 Å². The van der Waals surface area contributed by atoms with E-state index in [1.165, 1.54) is 19.2 Å². The van der Waals surface area contributed by atoms with Crippen LogP contribution in [0.25, 0.3) is 11.1 Å². The molecule has 1 N–H and O–H groups in total. The molecule has 0 radical (unpaired) electrons. The largest absolute Gasteiger partial charge is 0.497 e. The Kier molecular flexibility index (Phi) is 4.47. The van der Waals surface area contributed by atoms with Gasteiger partial charge in [-0.3, -0.25) is 20.2 Å². The summed E-state index contributed by atoms with van der Waals surface area (Å²) in [5, 5.41) is 22.0. The number of anilines is 1. The molecule has 0 atom stereocenters. The van der Waals surface area contributed by atoms with Crippen molar-refractivity contribution in [2.45, 2.75) is 0 Å². The summed E-state index contributed by atoms with van der Waals surface area (Å²) >= 11 is 3.96. The summed E-state index contributed by atoms with van der Waals surface area (Å²) in [6.07, 6.45) is 0. The Hall–Kier alpha value is -2.81. The maximum absolute atomic E-state index is 11.2. The van der Waals surface area contributed by atoms with Crippen molar-refractivity contribution in [1.29, 1.82) is 0 Å². The minimum Gasteiger partial charge on any atom is -0.497 e. The third-order valence-corrected chi connectivity index (χ3v) is 3.27. The van der Waals surface area contributed by atoms with Gasteiger partial charge in [-0.05, 0) is 24.3 Å². The van der Waals surface area contributed by atoms with Gasteiger partial charge in [-0.1, -0.05) is 12.8 Å². The van der Waals surface area contributed by atoms with Crippen molar-refractivity contribution in [2.24, 2.45) is 0 Å². The third-order valence-electron chi connectivity index (χ3n) is 3.03. The summed E-state index contributed by atoms with van der Waals surface area (Å²) < 4.78 is 7.74. The number of hydrogen-bond acceptors (Lipinski definition) is 7. The molecule has 0 spiro atoms. The van der Waals surface area contributed by atoms with E-state index < -0.39 is 9.85 Å². The molecular formula is C13H11N3O5S. The second-order valence-corrected chi connectivity index (χ2v) is 4.46. The van der Waals surface area contributed by atoms with Gasteiger partial charge in [0.2, 0.25) is 0 Å². The summed E-state index contributed by atoms with van der Waals surface area (Å²) in [5.74, 6) is 0.495. The fraction of sp³-hybridized carbons (Fsp3) is 0.0769. The third kappa shape index (κ3) is 2.93. The summed E-state index contributed by atoms with van der Waals surface area (Å²) in [6.45, 7) is 0. The Morgan fingerprint density at radius 2 is 1.77 bits per heavy atom. The lowest BCUT2D eigenvalue weighted by atomic mass is 10.0. The van der Waals surface area contributed by atoms with Gasteiger partial charge in [0, 0.05) is 11.6 Å². The van der Waals surface area contributed by atoms with E-state index in [-0.39, 0.29) is 16.9 Å². The Bertz CT molecular complexity index is 750. The maximum Gasteiger partial charge on any atom is 0.284 e. The van der Waals surface area contributed by atoms with Crippen LogP contribution in [-0.2, 0) is 0 Å². The van der Waals surface area contributed by atoms with Crippen molar-refractivity contribution >= 4 is 29.9 Å². The van der Waals surface area contributed by atoms with Crippen LogP contribution in [0.3, 0.4) is 0 Å². The van der Waals surface area contributed by atoms with Gasteiger partial charge in [0.25, 0.3) is 11.4 Å². The first-order chi connectivity index (χ1) is 10.5. The van der Waals surface area contributed by atoms with Gasteiger partial charge in [-0.25, -0.2) is 0 Å². The van der Waals surface area contributed by atoms with Gasteiger partial charge in [0.1, 0.15) is 5.75 Å². The lowest BCUT2D eigenvalue weighted by Crippen LogP contribution is -1.97. The molecule has 0 bridgehead atoms. The zero-order valence-corrected chi connectivity index (χ0v) is 12.2. The zero-order valence-electron chi connectivity index (χ0n) is 11.3. The summed E-state index contributed by atoms with van der Waals surface area (Å²) in [6, 6.07) is 8.37. The van der Waals surface area contributed by atoms with Crippen LogP contribution in [0.1, 0.15) is 0 Å². The van der Waals surface area contributed by atoms with Crippen LogP contribution in [0.5, 0.6) is 5.75 Å². The highest BCUT2D eigenvalue weighted by Crippen LogP contribution is 2.39. The first kappa shape index (κ1) is 15.6. The molecule has 0 saturated heterocycles. The zero-order chi connectivity index (χ0) is 16.3. The molecule has 2 rings (SSSR count). The van der Waals surface area contributed by atoms with E-state index in [1.54, 1.807) is 18.2 Å². The highest BCUT2D eigenvalue weighted by Gasteiger charge is 2.22. The number of nitro groups is 2. The van der Waals surface area contributed by atoms with Crippen molar-refractivity contribution in [3.63, 3.8) is 0 Å². The monoisotopic (exact) mass is 321 g/mol. The molecule has 0 amide bonds. The molecule has 0 heterocycles. The second kappa shape index (κ2) is 6.31. The van der Waals surface area contributed by atoms with Gasteiger partial charge in [0.15, 0.2) is 0 Å². The predicted molar refractivity (Wildman–Crippen MR) is 84.3 cm³/mol. The van der Waals surface area contributed by atoms with Crippen LogP contribution in [-0.4, -0.2) is 17.0 Å². The number of nitro benzene ring substituents is 2. The number of hydrogen-bond donors (Lipinski definition) is 2. The average Bonchev–Trinajstić information content (AvgIpc) is 2.53. The Balaban J connectivity index is 2.71. The van der Waals surface area contributed by atoms with Crippen molar-refractivity contribution < 1.29 is 14.6 Å². The molecular weight excluding hydrogens is 310 g/mol. The molecule has 0 aromatic heterocycles. The van der Waals surface area contributed by atoms with Gasteiger partial charge in [-0.15, -0.1) is 0 Å². The molecule has 0 aliphatic heterocycles. The smallest absolute Gasteiger partial charge is 0.284 e. The highest BCUT2D eigenvalue weighted by molar-refractivity contribution is 7.81. The van der Waals surface area contributed by atoms with E-state index in [9.17, 15) is 20.2 Å². The maximum atomic E-state index is 11.2. The summed E-state index contributed by atoms with van der Waals surface area (Å²) in [5.41, 5.74) is 0.481. The van der Waals surface area contributed by atoms with Crippen molar-refractivity contribution in [2.75, 3.05) is 11.8 Å². The number of thiol groups is 1. The number of benzene rings is 2. The molecule has 8 nitrogen and oxygen atoms in total. The number of nitrogens with zero attached hydrogens (tertiary/aromatic N) is 2. The molecule has 2 aromatic rings. The molecule has 0 unspecified atom stereocenters. The van der Waals surface area contributed by atoms with E-state index in [0.717, 1.165) is 6.07 Å². The van der Waals surface area contributed by atoms with E-state index in [4.69, 9.17) is 4.74 Å².